The number of amides is 2. The van der Waals surface area contributed by atoms with Crippen LogP contribution in [-0.4, -0.2) is 21.4 Å². The third kappa shape index (κ3) is 4.10. The van der Waals surface area contributed by atoms with Gasteiger partial charge in [0.2, 0.25) is 0 Å². The summed E-state index contributed by atoms with van der Waals surface area (Å²) in [6.45, 7) is 2.47. The molecule has 154 valence electrons. The van der Waals surface area contributed by atoms with Crippen molar-refractivity contribution in [3.05, 3.63) is 70.3 Å². The number of carbonyl (C=O) groups is 2. The number of carbonyl (C=O) groups excluding carboxylic acids is 2. The standard InChI is InChI=1S/C23H24N4O3/c1-15(16-8-4-2-5-9-16)24-21(28)22(29)25-17-11-12-19-18(14-17)23(30)27-13-7-3-6-10-20(27)26-19/h2,4-5,8-9,11-12,14-15H,3,6-7,10,13H2,1H3,(H,24,28)(H,25,29). The van der Waals surface area contributed by atoms with E-state index in [1.807, 2.05) is 37.3 Å². The van der Waals surface area contributed by atoms with Crippen molar-refractivity contribution in [2.45, 2.75) is 45.2 Å². The zero-order valence-corrected chi connectivity index (χ0v) is 16.9. The summed E-state index contributed by atoms with van der Waals surface area (Å²) in [5.41, 5.74) is 1.80. The van der Waals surface area contributed by atoms with E-state index in [4.69, 9.17) is 0 Å². The third-order valence-corrected chi connectivity index (χ3v) is 5.43. The molecule has 0 spiro atoms. The molecule has 7 heteroatoms. The minimum Gasteiger partial charge on any atom is -0.341 e. The Labute approximate surface area is 174 Å². The van der Waals surface area contributed by atoms with Crippen LogP contribution in [0.5, 0.6) is 0 Å². The molecule has 3 aromatic rings. The van der Waals surface area contributed by atoms with Crippen LogP contribution in [0.15, 0.2) is 53.3 Å². The number of aromatic nitrogens is 2. The molecule has 1 aliphatic rings. The Morgan fingerprint density at radius 3 is 2.63 bits per heavy atom. The second-order valence-electron chi connectivity index (χ2n) is 7.59. The van der Waals surface area contributed by atoms with E-state index in [1.54, 1.807) is 22.8 Å². The second-order valence-corrected chi connectivity index (χ2v) is 7.59. The van der Waals surface area contributed by atoms with Crippen molar-refractivity contribution in [1.29, 1.82) is 0 Å². The van der Waals surface area contributed by atoms with Gasteiger partial charge in [0.1, 0.15) is 5.82 Å². The summed E-state index contributed by atoms with van der Waals surface area (Å²) in [5, 5.41) is 5.71. The summed E-state index contributed by atoms with van der Waals surface area (Å²) in [4.78, 5) is 42.2. The number of rotatable bonds is 3. The Morgan fingerprint density at radius 2 is 1.83 bits per heavy atom. The zero-order chi connectivity index (χ0) is 21.1. The van der Waals surface area contributed by atoms with Crippen LogP contribution in [0.25, 0.3) is 10.9 Å². The molecule has 0 bridgehead atoms. The molecule has 7 nitrogen and oxygen atoms in total. The number of benzene rings is 2. The van der Waals surface area contributed by atoms with Crippen LogP contribution >= 0.6 is 0 Å². The molecule has 2 N–H and O–H groups in total. The smallest absolute Gasteiger partial charge is 0.313 e. The maximum Gasteiger partial charge on any atom is 0.313 e. The van der Waals surface area contributed by atoms with Gasteiger partial charge in [-0.1, -0.05) is 36.8 Å². The molecule has 0 aliphatic carbocycles. The van der Waals surface area contributed by atoms with E-state index in [0.717, 1.165) is 37.1 Å². The van der Waals surface area contributed by atoms with Gasteiger partial charge in [-0.25, -0.2) is 4.98 Å². The number of nitrogens with one attached hydrogen (secondary N) is 2. The van der Waals surface area contributed by atoms with Gasteiger partial charge < -0.3 is 10.6 Å². The lowest BCUT2D eigenvalue weighted by molar-refractivity contribution is -0.136. The minimum atomic E-state index is -0.778. The van der Waals surface area contributed by atoms with Crippen LogP contribution in [0, 0.1) is 0 Å². The summed E-state index contributed by atoms with van der Waals surface area (Å²) in [6.07, 6.45) is 3.86. The van der Waals surface area contributed by atoms with Crippen LogP contribution in [0.3, 0.4) is 0 Å². The molecule has 1 aliphatic heterocycles. The molecule has 4 rings (SSSR count). The minimum absolute atomic E-state index is 0.102. The van der Waals surface area contributed by atoms with E-state index in [2.05, 4.69) is 15.6 Å². The summed E-state index contributed by atoms with van der Waals surface area (Å²) in [5.74, 6) is -0.695. The van der Waals surface area contributed by atoms with Crippen molar-refractivity contribution in [3.63, 3.8) is 0 Å². The van der Waals surface area contributed by atoms with Crippen molar-refractivity contribution in [2.24, 2.45) is 0 Å². The molecule has 2 amide bonds. The van der Waals surface area contributed by atoms with Crippen LogP contribution in [0.1, 0.15) is 43.6 Å². The highest BCUT2D eigenvalue weighted by Gasteiger charge is 2.18. The van der Waals surface area contributed by atoms with Crippen LogP contribution in [0.2, 0.25) is 0 Å². The first kappa shape index (κ1) is 19.8. The van der Waals surface area contributed by atoms with E-state index in [9.17, 15) is 14.4 Å². The van der Waals surface area contributed by atoms with E-state index in [-0.39, 0.29) is 11.6 Å². The molecule has 0 saturated carbocycles. The van der Waals surface area contributed by atoms with Gasteiger partial charge in [0.25, 0.3) is 5.56 Å². The number of anilines is 1. The number of fused-ring (bicyclic) bond motifs is 2. The van der Waals surface area contributed by atoms with E-state index in [1.165, 1.54) is 0 Å². The van der Waals surface area contributed by atoms with Crippen LogP contribution in [0.4, 0.5) is 5.69 Å². The van der Waals surface area contributed by atoms with Gasteiger partial charge in [0, 0.05) is 18.7 Å². The Kier molecular flexibility index (Phi) is 5.61. The molecule has 0 saturated heterocycles. The maximum absolute atomic E-state index is 12.9. The summed E-state index contributed by atoms with van der Waals surface area (Å²) >= 11 is 0. The maximum atomic E-state index is 12.9. The van der Waals surface area contributed by atoms with E-state index in [0.29, 0.717) is 23.1 Å². The van der Waals surface area contributed by atoms with Gasteiger partial charge in [-0.3, -0.25) is 19.0 Å². The number of hydrogen-bond donors (Lipinski definition) is 2. The molecular weight excluding hydrogens is 380 g/mol. The lowest BCUT2D eigenvalue weighted by Gasteiger charge is -2.14. The lowest BCUT2D eigenvalue weighted by atomic mass is 10.1. The van der Waals surface area contributed by atoms with E-state index < -0.39 is 11.8 Å². The Balaban J connectivity index is 1.52. The van der Waals surface area contributed by atoms with Crippen LogP contribution < -0.4 is 16.2 Å². The lowest BCUT2D eigenvalue weighted by Crippen LogP contribution is -2.36. The molecule has 30 heavy (non-hydrogen) atoms. The highest BCUT2D eigenvalue weighted by Crippen LogP contribution is 2.18. The highest BCUT2D eigenvalue weighted by molar-refractivity contribution is 6.39. The quantitative estimate of drug-likeness (QED) is 0.657. The largest absolute Gasteiger partial charge is 0.341 e. The van der Waals surface area contributed by atoms with Gasteiger partial charge in [-0.05, 0) is 43.5 Å². The summed E-state index contributed by atoms with van der Waals surface area (Å²) < 4.78 is 1.73. The summed E-state index contributed by atoms with van der Waals surface area (Å²) in [7, 11) is 0. The summed E-state index contributed by atoms with van der Waals surface area (Å²) in [6, 6.07) is 14.1. The fourth-order valence-corrected chi connectivity index (χ4v) is 3.77. The average Bonchev–Trinajstić information content (AvgIpc) is 3.00. The van der Waals surface area contributed by atoms with Crippen LogP contribution in [-0.2, 0) is 22.6 Å². The van der Waals surface area contributed by atoms with Crippen molar-refractivity contribution >= 4 is 28.4 Å². The average molecular weight is 404 g/mol. The van der Waals surface area contributed by atoms with E-state index >= 15 is 0 Å². The fourth-order valence-electron chi connectivity index (χ4n) is 3.77. The Morgan fingerprint density at radius 1 is 1.03 bits per heavy atom. The molecule has 0 radical (unpaired) electrons. The van der Waals surface area contributed by atoms with Gasteiger partial charge >= 0.3 is 11.8 Å². The zero-order valence-electron chi connectivity index (χ0n) is 16.9. The molecule has 1 unspecified atom stereocenters. The number of nitrogens with zero attached hydrogens (tertiary/aromatic N) is 2. The first-order chi connectivity index (χ1) is 14.5. The normalized spacial score (nSPS) is 14.4. The molecule has 1 atom stereocenters. The van der Waals surface area contributed by atoms with Crippen molar-refractivity contribution < 1.29 is 9.59 Å². The number of hydrogen-bond acceptors (Lipinski definition) is 4. The first-order valence-electron chi connectivity index (χ1n) is 10.2. The molecule has 2 heterocycles. The van der Waals surface area contributed by atoms with Gasteiger partial charge in [-0.15, -0.1) is 0 Å². The molecule has 2 aromatic carbocycles. The van der Waals surface area contributed by atoms with Crippen molar-refractivity contribution in [1.82, 2.24) is 14.9 Å². The van der Waals surface area contributed by atoms with Gasteiger partial charge in [0.05, 0.1) is 16.9 Å². The number of aryl methyl sites for hydroxylation is 1. The molecular formula is C23H24N4O3. The first-order valence-corrected chi connectivity index (χ1v) is 10.2. The predicted octanol–water partition coefficient (Wildman–Crippen LogP) is 2.94. The molecule has 1 aromatic heterocycles. The Bertz CT molecular complexity index is 1150. The van der Waals surface area contributed by atoms with Crippen molar-refractivity contribution in [3.8, 4) is 0 Å². The topological polar surface area (TPSA) is 93.1 Å². The highest BCUT2D eigenvalue weighted by atomic mass is 16.2. The third-order valence-electron chi connectivity index (χ3n) is 5.43. The van der Waals surface area contributed by atoms with Gasteiger partial charge in [-0.2, -0.15) is 0 Å². The predicted molar refractivity (Wildman–Crippen MR) is 115 cm³/mol. The van der Waals surface area contributed by atoms with Gasteiger partial charge in [0.15, 0.2) is 0 Å². The Hall–Kier alpha value is -3.48. The van der Waals surface area contributed by atoms with Crippen molar-refractivity contribution in [2.75, 3.05) is 5.32 Å². The second kappa shape index (κ2) is 8.49. The monoisotopic (exact) mass is 404 g/mol. The fraction of sp³-hybridized carbons (Fsp3) is 0.304. The SMILES string of the molecule is CC(NC(=O)C(=O)Nc1ccc2nc3n(c(=O)c2c1)CCCCC3)c1ccccc1. The molecule has 0 fully saturated rings.